The molecule has 1 aromatic carbocycles. The van der Waals surface area contributed by atoms with Gasteiger partial charge in [0.25, 0.3) is 0 Å². The molecule has 0 saturated heterocycles. The first-order valence-corrected chi connectivity index (χ1v) is 4.23. The summed E-state index contributed by atoms with van der Waals surface area (Å²) in [6.45, 7) is 7.51. The summed E-state index contributed by atoms with van der Waals surface area (Å²) in [7, 11) is 0. The SMILES string of the molecule is C=NN(/C=C\C)c1ccc(C)cc1. The Morgan fingerprint density at radius 3 is 2.38 bits per heavy atom. The standard InChI is InChI=1S/C11H14N2/c1-4-9-13(12-3)11-7-5-10(2)6-8-11/h4-9H,3H2,1-2H3/b9-4-. The van der Waals surface area contributed by atoms with E-state index in [1.54, 1.807) is 5.01 Å². The average Bonchev–Trinajstić information content (AvgIpc) is 2.16. The largest absolute Gasteiger partial charge is 0.242 e. The summed E-state index contributed by atoms with van der Waals surface area (Å²) in [6, 6.07) is 8.14. The van der Waals surface area contributed by atoms with Gasteiger partial charge in [-0.3, -0.25) is 0 Å². The molecule has 0 aromatic heterocycles. The van der Waals surface area contributed by atoms with Crippen molar-refractivity contribution in [2.45, 2.75) is 13.8 Å². The minimum Gasteiger partial charge on any atom is -0.242 e. The summed E-state index contributed by atoms with van der Waals surface area (Å²) in [5.41, 5.74) is 2.27. The van der Waals surface area contributed by atoms with Gasteiger partial charge in [0.05, 0.1) is 5.69 Å². The van der Waals surface area contributed by atoms with Gasteiger partial charge in [-0.1, -0.05) is 23.8 Å². The predicted molar refractivity (Wildman–Crippen MR) is 58.0 cm³/mol. The fourth-order valence-electron chi connectivity index (χ4n) is 1.05. The Morgan fingerprint density at radius 1 is 1.31 bits per heavy atom. The van der Waals surface area contributed by atoms with Crippen LogP contribution in [0.2, 0.25) is 0 Å². The maximum atomic E-state index is 3.87. The molecule has 13 heavy (non-hydrogen) atoms. The molecule has 0 aliphatic carbocycles. The van der Waals surface area contributed by atoms with E-state index in [1.165, 1.54) is 5.56 Å². The van der Waals surface area contributed by atoms with Crippen LogP contribution in [0.25, 0.3) is 0 Å². The van der Waals surface area contributed by atoms with Gasteiger partial charge in [0.15, 0.2) is 0 Å². The van der Waals surface area contributed by atoms with Crippen LogP contribution in [0.3, 0.4) is 0 Å². The van der Waals surface area contributed by atoms with Gasteiger partial charge < -0.3 is 0 Å². The van der Waals surface area contributed by atoms with E-state index >= 15 is 0 Å². The summed E-state index contributed by atoms with van der Waals surface area (Å²) in [5.74, 6) is 0. The normalized spacial score (nSPS) is 10.3. The van der Waals surface area contributed by atoms with Gasteiger partial charge in [-0.15, -0.1) is 0 Å². The topological polar surface area (TPSA) is 15.6 Å². The maximum Gasteiger partial charge on any atom is 0.0645 e. The number of benzene rings is 1. The second kappa shape index (κ2) is 4.45. The van der Waals surface area contributed by atoms with Crippen LogP contribution in [-0.4, -0.2) is 6.72 Å². The van der Waals surface area contributed by atoms with Crippen molar-refractivity contribution in [1.82, 2.24) is 0 Å². The van der Waals surface area contributed by atoms with Crippen LogP contribution in [0.1, 0.15) is 12.5 Å². The lowest BCUT2D eigenvalue weighted by Gasteiger charge is -2.12. The number of hydrogen-bond acceptors (Lipinski definition) is 2. The van der Waals surface area contributed by atoms with Gasteiger partial charge in [-0.25, -0.2) is 5.01 Å². The zero-order valence-electron chi connectivity index (χ0n) is 8.07. The van der Waals surface area contributed by atoms with E-state index in [4.69, 9.17) is 0 Å². The van der Waals surface area contributed by atoms with Crippen LogP contribution in [0.5, 0.6) is 0 Å². The quantitative estimate of drug-likeness (QED) is 0.508. The van der Waals surface area contributed by atoms with Crippen molar-refractivity contribution in [2.75, 3.05) is 5.01 Å². The van der Waals surface area contributed by atoms with Crippen molar-refractivity contribution in [3.63, 3.8) is 0 Å². The summed E-state index contributed by atoms with van der Waals surface area (Å²) in [6.07, 6.45) is 3.80. The molecule has 68 valence electrons. The Morgan fingerprint density at radius 2 is 1.92 bits per heavy atom. The van der Waals surface area contributed by atoms with Crippen molar-refractivity contribution in [3.05, 3.63) is 42.1 Å². The summed E-state index contributed by atoms with van der Waals surface area (Å²) in [4.78, 5) is 0. The Labute approximate surface area is 79.2 Å². The second-order valence-corrected chi connectivity index (χ2v) is 2.80. The first-order chi connectivity index (χ1) is 6.27. The van der Waals surface area contributed by atoms with Crippen LogP contribution < -0.4 is 5.01 Å². The molecule has 0 unspecified atom stereocenters. The third-order valence-corrected chi connectivity index (χ3v) is 1.74. The highest BCUT2D eigenvalue weighted by molar-refractivity contribution is 5.51. The molecule has 0 atom stereocenters. The Bertz CT molecular complexity index is 298. The van der Waals surface area contributed by atoms with E-state index in [-0.39, 0.29) is 0 Å². The average molecular weight is 174 g/mol. The van der Waals surface area contributed by atoms with Gasteiger partial charge >= 0.3 is 0 Å². The van der Waals surface area contributed by atoms with Crippen molar-refractivity contribution in [3.8, 4) is 0 Å². The van der Waals surface area contributed by atoms with Gasteiger partial charge in [-0.2, -0.15) is 5.10 Å². The smallest absolute Gasteiger partial charge is 0.0645 e. The highest BCUT2D eigenvalue weighted by Gasteiger charge is 1.97. The second-order valence-electron chi connectivity index (χ2n) is 2.80. The number of hydrogen-bond donors (Lipinski definition) is 0. The van der Waals surface area contributed by atoms with Gasteiger partial charge in [0, 0.05) is 12.9 Å². The van der Waals surface area contributed by atoms with Gasteiger partial charge in [0.2, 0.25) is 0 Å². The number of allylic oxidation sites excluding steroid dienone is 1. The summed E-state index contributed by atoms with van der Waals surface area (Å²) < 4.78 is 0. The van der Waals surface area contributed by atoms with Crippen molar-refractivity contribution in [2.24, 2.45) is 5.10 Å². The molecular weight excluding hydrogens is 160 g/mol. The molecule has 0 fully saturated rings. The van der Waals surface area contributed by atoms with Gasteiger partial charge in [0.1, 0.15) is 0 Å². The van der Waals surface area contributed by atoms with E-state index < -0.39 is 0 Å². The monoisotopic (exact) mass is 174 g/mol. The summed E-state index contributed by atoms with van der Waals surface area (Å²) in [5, 5.41) is 5.61. The van der Waals surface area contributed by atoms with E-state index in [0.29, 0.717) is 0 Å². The van der Waals surface area contributed by atoms with Crippen LogP contribution >= 0.6 is 0 Å². The van der Waals surface area contributed by atoms with Crippen molar-refractivity contribution >= 4 is 12.4 Å². The van der Waals surface area contributed by atoms with Crippen molar-refractivity contribution < 1.29 is 0 Å². The van der Waals surface area contributed by atoms with Gasteiger partial charge in [-0.05, 0) is 26.0 Å². The Balaban J connectivity index is 2.91. The zero-order chi connectivity index (χ0) is 9.68. The molecule has 0 saturated carbocycles. The molecule has 1 aromatic rings. The first kappa shape index (κ1) is 9.52. The third-order valence-electron chi connectivity index (χ3n) is 1.74. The van der Waals surface area contributed by atoms with E-state index in [0.717, 1.165) is 5.69 Å². The molecule has 0 aliphatic rings. The lowest BCUT2D eigenvalue weighted by atomic mass is 10.2. The number of hydrazone groups is 1. The molecule has 0 radical (unpaired) electrons. The molecule has 0 heterocycles. The molecule has 2 heteroatoms. The minimum atomic E-state index is 1.03. The third kappa shape index (κ3) is 2.44. The van der Waals surface area contributed by atoms with E-state index in [2.05, 4.69) is 30.9 Å². The molecule has 0 amide bonds. The van der Waals surface area contributed by atoms with Crippen LogP contribution in [0.15, 0.2) is 41.6 Å². The molecule has 0 spiro atoms. The van der Waals surface area contributed by atoms with Crippen molar-refractivity contribution in [1.29, 1.82) is 0 Å². The van der Waals surface area contributed by atoms with Crippen LogP contribution in [0.4, 0.5) is 5.69 Å². The maximum absolute atomic E-state index is 3.87. The lowest BCUT2D eigenvalue weighted by Crippen LogP contribution is -2.05. The Hall–Kier alpha value is -1.57. The molecule has 1 rings (SSSR count). The highest BCUT2D eigenvalue weighted by Crippen LogP contribution is 2.15. The van der Waals surface area contributed by atoms with E-state index in [1.807, 2.05) is 31.3 Å². The summed E-state index contributed by atoms with van der Waals surface area (Å²) >= 11 is 0. The molecule has 0 bridgehead atoms. The molecular formula is C11H14N2. The Kier molecular flexibility index (Phi) is 3.26. The fourth-order valence-corrected chi connectivity index (χ4v) is 1.05. The highest BCUT2D eigenvalue weighted by atomic mass is 15.4. The molecule has 0 N–H and O–H groups in total. The van der Waals surface area contributed by atoms with Crippen LogP contribution in [0, 0.1) is 6.92 Å². The zero-order valence-corrected chi connectivity index (χ0v) is 8.07. The van der Waals surface area contributed by atoms with E-state index in [9.17, 15) is 0 Å². The number of nitrogens with zero attached hydrogens (tertiary/aromatic N) is 2. The number of aryl methyl sites for hydroxylation is 1. The first-order valence-electron chi connectivity index (χ1n) is 4.23. The number of rotatable bonds is 3. The predicted octanol–water partition coefficient (Wildman–Crippen LogP) is 2.95. The molecule has 0 aliphatic heterocycles. The lowest BCUT2D eigenvalue weighted by molar-refractivity contribution is 1.09. The van der Waals surface area contributed by atoms with Crippen LogP contribution in [-0.2, 0) is 0 Å². The molecule has 2 nitrogen and oxygen atoms in total. The number of anilines is 1. The minimum absolute atomic E-state index is 1.03. The fraction of sp³-hybridized carbons (Fsp3) is 0.182.